The minimum Gasteiger partial charge on any atom is -0.359 e. The van der Waals surface area contributed by atoms with E-state index in [1.165, 1.54) is 18.4 Å². The van der Waals surface area contributed by atoms with Crippen molar-refractivity contribution in [3.05, 3.63) is 35.8 Å². The third kappa shape index (κ3) is 2.64. The van der Waals surface area contributed by atoms with Crippen LogP contribution >= 0.6 is 0 Å². The Bertz CT molecular complexity index is 605. The number of nitrogens with zero attached hydrogens (tertiary/aromatic N) is 4. The van der Waals surface area contributed by atoms with Crippen LogP contribution in [0.4, 0.5) is 5.82 Å². The lowest BCUT2D eigenvalue weighted by Crippen LogP contribution is -2.23. The Labute approximate surface area is 119 Å². The van der Waals surface area contributed by atoms with Gasteiger partial charge in [0.25, 0.3) is 0 Å². The SMILES string of the molecule is Cc1nc(-c2cccnc2)nc(N(C)CC2CC2)c1C. The van der Waals surface area contributed by atoms with Crippen LogP contribution in [0.5, 0.6) is 0 Å². The normalized spacial score (nSPS) is 14.3. The molecule has 20 heavy (non-hydrogen) atoms. The summed E-state index contributed by atoms with van der Waals surface area (Å²) in [5, 5.41) is 0. The lowest BCUT2D eigenvalue weighted by atomic mass is 10.2. The molecule has 3 rings (SSSR count). The minimum atomic E-state index is 0.763. The highest BCUT2D eigenvalue weighted by Crippen LogP contribution is 2.32. The molecule has 1 fully saturated rings. The molecule has 0 N–H and O–H groups in total. The first-order chi connectivity index (χ1) is 9.65. The zero-order valence-electron chi connectivity index (χ0n) is 12.3. The molecule has 0 aliphatic heterocycles. The Morgan fingerprint density at radius 2 is 2.05 bits per heavy atom. The second-order valence-electron chi connectivity index (χ2n) is 5.65. The van der Waals surface area contributed by atoms with Gasteiger partial charge in [-0.1, -0.05) is 0 Å². The van der Waals surface area contributed by atoms with E-state index in [1.807, 2.05) is 25.3 Å². The minimum absolute atomic E-state index is 0.763. The van der Waals surface area contributed by atoms with E-state index in [-0.39, 0.29) is 0 Å². The van der Waals surface area contributed by atoms with Crippen LogP contribution in [0.3, 0.4) is 0 Å². The van der Waals surface area contributed by atoms with Crippen molar-refractivity contribution in [2.24, 2.45) is 5.92 Å². The third-order valence-electron chi connectivity index (χ3n) is 3.87. The number of hydrogen-bond donors (Lipinski definition) is 0. The fourth-order valence-electron chi connectivity index (χ4n) is 2.38. The molecule has 1 aliphatic carbocycles. The molecular formula is C16H20N4. The number of anilines is 1. The average Bonchev–Trinajstić information content (AvgIpc) is 3.26. The Morgan fingerprint density at radius 1 is 1.25 bits per heavy atom. The summed E-state index contributed by atoms with van der Waals surface area (Å²) in [4.78, 5) is 15.8. The topological polar surface area (TPSA) is 41.9 Å². The van der Waals surface area contributed by atoms with Gasteiger partial charge in [0.1, 0.15) is 5.82 Å². The first-order valence-corrected chi connectivity index (χ1v) is 7.12. The highest BCUT2D eigenvalue weighted by Gasteiger charge is 2.24. The smallest absolute Gasteiger partial charge is 0.163 e. The van der Waals surface area contributed by atoms with Crippen molar-refractivity contribution in [3.63, 3.8) is 0 Å². The molecule has 2 heterocycles. The Morgan fingerprint density at radius 3 is 2.70 bits per heavy atom. The quantitative estimate of drug-likeness (QED) is 0.855. The van der Waals surface area contributed by atoms with E-state index in [9.17, 15) is 0 Å². The molecule has 0 radical (unpaired) electrons. The van der Waals surface area contributed by atoms with Crippen molar-refractivity contribution in [2.45, 2.75) is 26.7 Å². The van der Waals surface area contributed by atoms with Crippen LogP contribution in [0, 0.1) is 19.8 Å². The number of pyridine rings is 1. The molecule has 104 valence electrons. The Balaban J connectivity index is 1.98. The van der Waals surface area contributed by atoms with E-state index in [1.54, 1.807) is 6.20 Å². The van der Waals surface area contributed by atoms with Gasteiger partial charge in [0.15, 0.2) is 5.82 Å². The Kier molecular flexibility index (Phi) is 3.38. The van der Waals surface area contributed by atoms with Crippen molar-refractivity contribution in [1.82, 2.24) is 15.0 Å². The summed E-state index contributed by atoms with van der Waals surface area (Å²) in [6, 6.07) is 3.92. The summed E-state index contributed by atoms with van der Waals surface area (Å²) in [6.45, 7) is 5.23. The van der Waals surface area contributed by atoms with Crippen LogP contribution in [0.25, 0.3) is 11.4 Å². The fraction of sp³-hybridized carbons (Fsp3) is 0.438. The predicted octanol–water partition coefficient (Wildman–Crippen LogP) is 3.00. The van der Waals surface area contributed by atoms with Crippen LogP contribution in [-0.4, -0.2) is 28.5 Å². The molecule has 1 aliphatic rings. The van der Waals surface area contributed by atoms with Crippen LogP contribution in [0.15, 0.2) is 24.5 Å². The molecular weight excluding hydrogens is 248 g/mol. The summed E-state index contributed by atoms with van der Waals surface area (Å²) in [5.41, 5.74) is 3.17. The standard InChI is InChI=1S/C16H20N4/c1-11-12(2)18-15(14-5-4-8-17-9-14)19-16(11)20(3)10-13-6-7-13/h4-5,8-9,13H,6-7,10H2,1-3H3. The third-order valence-corrected chi connectivity index (χ3v) is 3.87. The molecule has 1 saturated carbocycles. The first kappa shape index (κ1) is 13.0. The van der Waals surface area contributed by atoms with E-state index in [0.29, 0.717) is 0 Å². The maximum absolute atomic E-state index is 4.76. The predicted molar refractivity (Wildman–Crippen MR) is 80.7 cm³/mol. The van der Waals surface area contributed by atoms with Gasteiger partial charge in [-0.2, -0.15) is 0 Å². The molecule has 0 amide bonds. The van der Waals surface area contributed by atoms with E-state index >= 15 is 0 Å². The second kappa shape index (κ2) is 5.19. The molecule has 0 aromatic carbocycles. The van der Waals surface area contributed by atoms with Gasteiger partial charge in [-0.3, -0.25) is 4.98 Å². The Hall–Kier alpha value is -1.97. The van der Waals surface area contributed by atoms with Crippen LogP contribution in [-0.2, 0) is 0 Å². The molecule has 4 nitrogen and oxygen atoms in total. The number of aromatic nitrogens is 3. The van der Waals surface area contributed by atoms with E-state index < -0.39 is 0 Å². The second-order valence-corrected chi connectivity index (χ2v) is 5.65. The van der Waals surface area contributed by atoms with Gasteiger partial charge in [-0.05, 0) is 44.7 Å². The zero-order valence-corrected chi connectivity index (χ0v) is 12.3. The van der Waals surface area contributed by atoms with Crippen molar-refractivity contribution in [2.75, 3.05) is 18.5 Å². The van der Waals surface area contributed by atoms with Crippen molar-refractivity contribution >= 4 is 5.82 Å². The molecule has 0 unspecified atom stereocenters. The molecule has 2 aromatic rings. The maximum atomic E-state index is 4.76. The lowest BCUT2D eigenvalue weighted by molar-refractivity contribution is 0.771. The summed E-state index contributed by atoms with van der Waals surface area (Å²) >= 11 is 0. The summed E-state index contributed by atoms with van der Waals surface area (Å²) < 4.78 is 0. The first-order valence-electron chi connectivity index (χ1n) is 7.12. The monoisotopic (exact) mass is 268 g/mol. The summed E-state index contributed by atoms with van der Waals surface area (Å²) in [6.07, 6.45) is 6.28. The van der Waals surface area contributed by atoms with Gasteiger partial charge >= 0.3 is 0 Å². The molecule has 0 saturated heterocycles. The maximum Gasteiger partial charge on any atom is 0.163 e. The highest BCUT2D eigenvalue weighted by molar-refractivity contribution is 5.59. The van der Waals surface area contributed by atoms with Gasteiger partial charge in [-0.15, -0.1) is 0 Å². The molecule has 4 heteroatoms. The van der Waals surface area contributed by atoms with Crippen molar-refractivity contribution < 1.29 is 0 Å². The van der Waals surface area contributed by atoms with Gasteiger partial charge in [0.05, 0.1) is 0 Å². The van der Waals surface area contributed by atoms with Crippen molar-refractivity contribution in [1.29, 1.82) is 0 Å². The fourth-order valence-corrected chi connectivity index (χ4v) is 2.38. The number of hydrogen-bond acceptors (Lipinski definition) is 4. The molecule has 0 atom stereocenters. The van der Waals surface area contributed by atoms with Crippen molar-refractivity contribution in [3.8, 4) is 11.4 Å². The zero-order chi connectivity index (χ0) is 14.1. The van der Waals surface area contributed by atoms with Crippen LogP contribution in [0.2, 0.25) is 0 Å². The van der Waals surface area contributed by atoms with E-state index in [0.717, 1.165) is 35.4 Å². The molecule has 0 bridgehead atoms. The molecule has 0 spiro atoms. The largest absolute Gasteiger partial charge is 0.359 e. The molecule has 2 aromatic heterocycles. The van der Waals surface area contributed by atoms with E-state index in [2.05, 4.69) is 28.8 Å². The number of aryl methyl sites for hydroxylation is 1. The van der Waals surface area contributed by atoms with Gasteiger partial charge in [-0.25, -0.2) is 9.97 Å². The highest BCUT2D eigenvalue weighted by atomic mass is 15.2. The van der Waals surface area contributed by atoms with Gasteiger partial charge in [0, 0.05) is 42.8 Å². The van der Waals surface area contributed by atoms with E-state index in [4.69, 9.17) is 4.98 Å². The van der Waals surface area contributed by atoms with Crippen LogP contribution < -0.4 is 4.90 Å². The lowest BCUT2D eigenvalue weighted by Gasteiger charge is -2.21. The number of rotatable bonds is 4. The van der Waals surface area contributed by atoms with Crippen LogP contribution in [0.1, 0.15) is 24.1 Å². The summed E-state index contributed by atoms with van der Waals surface area (Å²) in [5.74, 6) is 2.65. The van der Waals surface area contributed by atoms with Gasteiger partial charge < -0.3 is 4.90 Å². The summed E-state index contributed by atoms with van der Waals surface area (Å²) in [7, 11) is 2.13. The van der Waals surface area contributed by atoms with Gasteiger partial charge in [0.2, 0.25) is 0 Å². The average molecular weight is 268 g/mol.